The van der Waals surface area contributed by atoms with Gasteiger partial charge in [0, 0.05) is 28.9 Å². The van der Waals surface area contributed by atoms with Gasteiger partial charge in [-0.15, -0.1) is 0 Å². The largest absolute Gasteiger partial charge is 0.496 e. The molecule has 3 aromatic carbocycles. The quantitative estimate of drug-likeness (QED) is 0.311. The Hall–Kier alpha value is -4.03. The van der Waals surface area contributed by atoms with E-state index in [-0.39, 0.29) is 5.91 Å². The summed E-state index contributed by atoms with van der Waals surface area (Å²) >= 11 is 6.03. The van der Waals surface area contributed by atoms with Gasteiger partial charge in [-0.25, -0.2) is 0 Å². The van der Waals surface area contributed by atoms with Gasteiger partial charge in [0.2, 0.25) is 5.91 Å². The van der Waals surface area contributed by atoms with Gasteiger partial charge in [-0.3, -0.25) is 9.48 Å². The molecule has 4 aromatic rings. The van der Waals surface area contributed by atoms with Crippen LogP contribution < -0.4 is 14.8 Å². The van der Waals surface area contributed by atoms with Gasteiger partial charge >= 0.3 is 0 Å². The van der Waals surface area contributed by atoms with Gasteiger partial charge < -0.3 is 14.8 Å². The first-order chi connectivity index (χ1) is 16.6. The zero-order chi connectivity index (χ0) is 23.8. The van der Waals surface area contributed by atoms with E-state index in [9.17, 15) is 4.79 Å². The topological polar surface area (TPSA) is 65.4 Å². The Labute approximate surface area is 203 Å². The molecule has 0 bridgehead atoms. The summed E-state index contributed by atoms with van der Waals surface area (Å²) in [6, 6.07) is 24.6. The van der Waals surface area contributed by atoms with Crippen LogP contribution in [-0.4, -0.2) is 22.8 Å². The van der Waals surface area contributed by atoms with Crippen LogP contribution in [0.4, 0.5) is 5.82 Å². The summed E-state index contributed by atoms with van der Waals surface area (Å²) in [6.07, 6.45) is 5.02. The summed E-state index contributed by atoms with van der Waals surface area (Å²) in [7, 11) is 1.62. The number of anilines is 1. The van der Waals surface area contributed by atoms with Gasteiger partial charge in [0.25, 0.3) is 0 Å². The molecule has 1 N–H and O–H groups in total. The van der Waals surface area contributed by atoms with Crippen LogP contribution in [0.25, 0.3) is 6.08 Å². The predicted octanol–water partition coefficient (Wildman–Crippen LogP) is 5.82. The van der Waals surface area contributed by atoms with Crippen LogP contribution in [0.2, 0.25) is 5.02 Å². The molecule has 1 heterocycles. The van der Waals surface area contributed by atoms with Gasteiger partial charge in [-0.1, -0.05) is 48.0 Å². The second kappa shape index (κ2) is 11.2. The van der Waals surface area contributed by atoms with E-state index in [2.05, 4.69) is 10.4 Å². The number of aromatic nitrogens is 2. The van der Waals surface area contributed by atoms with E-state index in [0.717, 1.165) is 28.2 Å². The highest BCUT2D eigenvalue weighted by molar-refractivity contribution is 6.30. The van der Waals surface area contributed by atoms with Crippen molar-refractivity contribution in [1.29, 1.82) is 0 Å². The number of rotatable bonds is 9. The van der Waals surface area contributed by atoms with Crippen molar-refractivity contribution in [2.45, 2.75) is 13.2 Å². The molecule has 0 radical (unpaired) electrons. The molecule has 4 rings (SSSR count). The minimum Gasteiger partial charge on any atom is -0.496 e. The van der Waals surface area contributed by atoms with E-state index in [1.54, 1.807) is 23.9 Å². The van der Waals surface area contributed by atoms with Crippen LogP contribution in [0, 0.1) is 0 Å². The maximum absolute atomic E-state index is 12.4. The number of para-hydroxylation sites is 1. The molecule has 0 aliphatic heterocycles. The van der Waals surface area contributed by atoms with Gasteiger partial charge in [-0.05, 0) is 53.6 Å². The predicted molar refractivity (Wildman–Crippen MR) is 134 cm³/mol. The van der Waals surface area contributed by atoms with Crippen molar-refractivity contribution in [1.82, 2.24) is 9.78 Å². The molecule has 0 saturated carbocycles. The number of carbonyl (C=O) groups is 1. The van der Waals surface area contributed by atoms with Gasteiger partial charge in [-0.2, -0.15) is 5.10 Å². The lowest BCUT2D eigenvalue weighted by molar-refractivity contribution is -0.111. The number of benzene rings is 3. The normalized spacial score (nSPS) is 10.9. The standard InChI is InChI=1S/C27H24ClN3O3/c1-33-25-12-10-20(16-22(25)19-34-24-8-3-2-4-9-24)11-13-27(32)29-26-14-15-31(30-26)18-21-6-5-7-23(28)17-21/h2-17H,18-19H2,1H3,(H,29,30,32)/b13-11+. The van der Waals surface area contributed by atoms with Gasteiger partial charge in [0.1, 0.15) is 18.1 Å². The number of ether oxygens (including phenoxy) is 2. The van der Waals surface area contributed by atoms with Crippen LogP contribution in [0.5, 0.6) is 11.5 Å². The zero-order valence-electron chi connectivity index (χ0n) is 18.6. The second-order valence-corrected chi connectivity index (χ2v) is 7.96. The third-order valence-electron chi connectivity index (χ3n) is 4.99. The molecule has 0 aliphatic carbocycles. The number of hydrogen-bond donors (Lipinski definition) is 1. The number of halogens is 1. The number of hydrogen-bond acceptors (Lipinski definition) is 4. The van der Waals surface area contributed by atoms with Gasteiger partial charge in [0.05, 0.1) is 13.7 Å². The minimum absolute atomic E-state index is 0.272. The van der Waals surface area contributed by atoms with Crippen LogP contribution in [0.1, 0.15) is 16.7 Å². The molecule has 0 spiro atoms. The van der Waals surface area contributed by atoms with E-state index in [1.165, 1.54) is 6.08 Å². The molecule has 34 heavy (non-hydrogen) atoms. The molecule has 172 valence electrons. The molecular weight excluding hydrogens is 450 g/mol. The number of methoxy groups -OCH3 is 1. The van der Waals surface area contributed by atoms with Crippen molar-refractivity contribution >= 4 is 29.4 Å². The zero-order valence-corrected chi connectivity index (χ0v) is 19.4. The first-order valence-corrected chi connectivity index (χ1v) is 11.1. The maximum atomic E-state index is 12.4. The third-order valence-corrected chi connectivity index (χ3v) is 5.23. The van der Waals surface area contributed by atoms with E-state index in [4.69, 9.17) is 21.1 Å². The van der Waals surface area contributed by atoms with Crippen LogP contribution in [0.15, 0.2) is 91.1 Å². The Morgan fingerprint density at radius 1 is 1.06 bits per heavy atom. The van der Waals surface area contributed by atoms with Crippen molar-refractivity contribution in [2.75, 3.05) is 12.4 Å². The highest BCUT2D eigenvalue weighted by Crippen LogP contribution is 2.23. The maximum Gasteiger partial charge on any atom is 0.249 e. The van der Waals surface area contributed by atoms with Crippen molar-refractivity contribution in [3.8, 4) is 11.5 Å². The lowest BCUT2D eigenvalue weighted by Gasteiger charge is -2.11. The molecule has 6 nitrogen and oxygen atoms in total. The Morgan fingerprint density at radius 3 is 2.71 bits per heavy atom. The highest BCUT2D eigenvalue weighted by atomic mass is 35.5. The Balaban J connectivity index is 1.36. The fraction of sp³-hybridized carbons (Fsp3) is 0.111. The number of amides is 1. The molecule has 1 amide bonds. The fourth-order valence-electron chi connectivity index (χ4n) is 3.37. The number of nitrogens with one attached hydrogen (secondary N) is 1. The smallest absolute Gasteiger partial charge is 0.249 e. The molecule has 1 aromatic heterocycles. The van der Waals surface area contributed by atoms with Crippen LogP contribution in [0.3, 0.4) is 0 Å². The summed E-state index contributed by atoms with van der Waals surface area (Å²) in [5.41, 5.74) is 2.77. The highest BCUT2D eigenvalue weighted by Gasteiger charge is 2.07. The summed E-state index contributed by atoms with van der Waals surface area (Å²) in [4.78, 5) is 12.4. The molecule has 0 aliphatic rings. The summed E-state index contributed by atoms with van der Waals surface area (Å²) in [5.74, 6) is 1.71. The van der Waals surface area contributed by atoms with Gasteiger partial charge in [0.15, 0.2) is 5.82 Å². The first kappa shape index (κ1) is 23.1. The summed E-state index contributed by atoms with van der Waals surface area (Å²) in [5, 5.41) is 7.85. The van der Waals surface area contributed by atoms with E-state index < -0.39 is 0 Å². The Morgan fingerprint density at radius 2 is 1.91 bits per heavy atom. The lowest BCUT2D eigenvalue weighted by atomic mass is 10.1. The van der Waals surface area contributed by atoms with Crippen LogP contribution in [-0.2, 0) is 17.9 Å². The minimum atomic E-state index is -0.272. The van der Waals surface area contributed by atoms with E-state index in [0.29, 0.717) is 24.0 Å². The molecule has 0 unspecified atom stereocenters. The fourth-order valence-corrected chi connectivity index (χ4v) is 3.58. The first-order valence-electron chi connectivity index (χ1n) is 10.7. The third kappa shape index (κ3) is 6.49. The van der Waals surface area contributed by atoms with Crippen molar-refractivity contribution in [2.24, 2.45) is 0 Å². The van der Waals surface area contributed by atoms with Crippen molar-refractivity contribution in [3.05, 3.63) is 113 Å². The number of nitrogens with zero attached hydrogens (tertiary/aromatic N) is 2. The average Bonchev–Trinajstić information content (AvgIpc) is 3.28. The van der Waals surface area contributed by atoms with Crippen LogP contribution >= 0.6 is 11.6 Å². The summed E-state index contributed by atoms with van der Waals surface area (Å²) < 4.78 is 13.0. The second-order valence-electron chi connectivity index (χ2n) is 7.52. The van der Waals surface area contributed by atoms with E-state index in [1.807, 2.05) is 79.0 Å². The average molecular weight is 474 g/mol. The lowest BCUT2D eigenvalue weighted by Crippen LogP contribution is -2.09. The van der Waals surface area contributed by atoms with Crippen molar-refractivity contribution in [3.63, 3.8) is 0 Å². The molecule has 0 fully saturated rings. The monoisotopic (exact) mass is 473 g/mol. The Kier molecular flexibility index (Phi) is 7.63. The molecule has 7 heteroatoms. The SMILES string of the molecule is COc1ccc(/C=C/C(=O)Nc2ccn(Cc3cccc(Cl)c3)n2)cc1COc1ccccc1. The Bertz CT molecular complexity index is 1290. The van der Waals surface area contributed by atoms with E-state index >= 15 is 0 Å². The molecule has 0 saturated heterocycles. The van der Waals surface area contributed by atoms with Crippen molar-refractivity contribution < 1.29 is 14.3 Å². The number of carbonyl (C=O) groups excluding carboxylic acids is 1. The summed E-state index contributed by atoms with van der Waals surface area (Å²) in [6.45, 7) is 0.914. The molecular formula is C27H24ClN3O3. The molecule has 0 atom stereocenters.